The van der Waals surface area contributed by atoms with Gasteiger partial charge < -0.3 is 5.73 Å². The molecule has 0 aliphatic rings. The molecule has 0 aliphatic heterocycles. The standard InChI is InChI=1S/C13H14N2S/c1-8(2)10-4-3-9-5-6-15-12(13(14)16)11(9)7-10/h3-8H,1-2H3,(H2,14,16). The van der Waals surface area contributed by atoms with Crippen molar-refractivity contribution in [2.24, 2.45) is 5.73 Å². The Morgan fingerprint density at radius 1 is 1.31 bits per heavy atom. The summed E-state index contributed by atoms with van der Waals surface area (Å²) in [5.41, 5.74) is 7.67. The molecule has 0 spiro atoms. The molecule has 82 valence electrons. The molecule has 0 aliphatic carbocycles. The van der Waals surface area contributed by atoms with Gasteiger partial charge in [0.2, 0.25) is 0 Å². The van der Waals surface area contributed by atoms with Crippen LogP contribution in [-0.4, -0.2) is 9.97 Å². The Hall–Kier alpha value is -1.48. The summed E-state index contributed by atoms with van der Waals surface area (Å²) in [4.78, 5) is 4.59. The summed E-state index contributed by atoms with van der Waals surface area (Å²) in [6.45, 7) is 4.33. The van der Waals surface area contributed by atoms with Gasteiger partial charge in [0.15, 0.2) is 0 Å². The number of aromatic nitrogens is 1. The number of nitrogens with two attached hydrogens (primary N) is 1. The lowest BCUT2D eigenvalue weighted by Crippen LogP contribution is -2.12. The fraction of sp³-hybridized carbons (Fsp3) is 0.231. The normalized spacial score (nSPS) is 10.9. The molecule has 1 aromatic carbocycles. The third kappa shape index (κ3) is 1.91. The van der Waals surface area contributed by atoms with Gasteiger partial charge in [-0.05, 0) is 29.0 Å². The van der Waals surface area contributed by atoms with Crippen LogP contribution in [0.5, 0.6) is 0 Å². The van der Waals surface area contributed by atoms with Crippen LogP contribution in [0.15, 0.2) is 30.5 Å². The lowest BCUT2D eigenvalue weighted by Gasteiger charge is -2.09. The quantitative estimate of drug-likeness (QED) is 0.806. The minimum absolute atomic E-state index is 0.353. The summed E-state index contributed by atoms with van der Waals surface area (Å²) in [6.07, 6.45) is 1.74. The average molecular weight is 230 g/mol. The molecule has 3 heteroatoms. The Morgan fingerprint density at radius 3 is 2.69 bits per heavy atom. The van der Waals surface area contributed by atoms with Crippen LogP contribution in [0.2, 0.25) is 0 Å². The molecule has 1 heterocycles. The molecule has 0 saturated carbocycles. The van der Waals surface area contributed by atoms with Crippen LogP contribution in [0.1, 0.15) is 31.0 Å². The first-order chi connectivity index (χ1) is 7.59. The predicted molar refractivity (Wildman–Crippen MR) is 71.7 cm³/mol. The SMILES string of the molecule is CC(C)c1ccc2ccnc(C(N)=S)c2c1. The van der Waals surface area contributed by atoms with Crippen molar-refractivity contribution in [3.63, 3.8) is 0 Å². The number of hydrogen-bond acceptors (Lipinski definition) is 2. The Kier molecular flexibility index (Phi) is 2.88. The van der Waals surface area contributed by atoms with Gasteiger partial charge in [-0.3, -0.25) is 4.98 Å². The van der Waals surface area contributed by atoms with Crippen molar-refractivity contribution in [2.75, 3.05) is 0 Å². The Labute approximate surface area is 100 Å². The second-order valence-corrected chi connectivity index (χ2v) is 4.60. The molecule has 0 atom stereocenters. The zero-order valence-corrected chi connectivity index (χ0v) is 10.2. The Bertz CT molecular complexity index is 547. The van der Waals surface area contributed by atoms with Crippen molar-refractivity contribution in [2.45, 2.75) is 19.8 Å². The maximum Gasteiger partial charge on any atom is 0.123 e. The predicted octanol–water partition coefficient (Wildman–Crippen LogP) is 2.99. The average Bonchev–Trinajstić information content (AvgIpc) is 2.27. The van der Waals surface area contributed by atoms with Gasteiger partial charge in [0.25, 0.3) is 0 Å². The summed E-state index contributed by atoms with van der Waals surface area (Å²) < 4.78 is 0. The van der Waals surface area contributed by atoms with E-state index in [1.54, 1.807) is 6.20 Å². The van der Waals surface area contributed by atoms with E-state index < -0.39 is 0 Å². The molecule has 2 aromatic rings. The number of nitrogens with zero attached hydrogens (tertiary/aromatic N) is 1. The number of benzene rings is 1. The van der Waals surface area contributed by atoms with E-state index in [-0.39, 0.29) is 0 Å². The van der Waals surface area contributed by atoms with Gasteiger partial charge in [-0.1, -0.05) is 38.2 Å². The zero-order valence-electron chi connectivity index (χ0n) is 9.40. The van der Waals surface area contributed by atoms with E-state index in [0.29, 0.717) is 10.9 Å². The summed E-state index contributed by atoms with van der Waals surface area (Å²) in [5.74, 6) is 0.490. The molecule has 0 bridgehead atoms. The number of hydrogen-bond donors (Lipinski definition) is 1. The summed E-state index contributed by atoms with van der Waals surface area (Å²) in [6, 6.07) is 8.33. The van der Waals surface area contributed by atoms with Gasteiger partial charge in [-0.15, -0.1) is 0 Å². The van der Waals surface area contributed by atoms with Gasteiger partial charge in [0, 0.05) is 11.6 Å². The highest BCUT2D eigenvalue weighted by Gasteiger charge is 2.07. The fourth-order valence-electron chi connectivity index (χ4n) is 1.74. The van der Waals surface area contributed by atoms with Gasteiger partial charge in [-0.2, -0.15) is 0 Å². The van der Waals surface area contributed by atoms with Gasteiger partial charge in [-0.25, -0.2) is 0 Å². The van der Waals surface area contributed by atoms with E-state index in [9.17, 15) is 0 Å². The molecular weight excluding hydrogens is 216 g/mol. The van der Waals surface area contributed by atoms with Crippen molar-refractivity contribution < 1.29 is 0 Å². The molecule has 0 saturated heterocycles. The monoisotopic (exact) mass is 230 g/mol. The van der Waals surface area contributed by atoms with Crippen molar-refractivity contribution in [3.8, 4) is 0 Å². The smallest absolute Gasteiger partial charge is 0.123 e. The molecule has 2 nitrogen and oxygen atoms in total. The fourth-order valence-corrected chi connectivity index (χ4v) is 1.90. The second kappa shape index (κ2) is 4.18. The van der Waals surface area contributed by atoms with Crippen LogP contribution in [0.3, 0.4) is 0 Å². The van der Waals surface area contributed by atoms with Crippen LogP contribution in [0.4, 0.5) is 0 Å². The minimum Gasteiger partial charge on any atom is -0.388 e. The summed E-state index contributed by atoms with van der Waals surface area (Å²) in [5, 5.41) is 2.17. The summed E-state index contributed by atoms with van der Waals surface area (Å²) >= 11 is 5.01. The number of fused-ring (bicyclic) bond motifs is 1. The second-order valence-electron chi connectivity index (χ2n) is 4.16. The highest BCUT2D eigenvalue weighted by molar-refractivity contribution is 7.80. The molecule has 1 aromatic heterocycles. The Morgan fingerprint density at radius 2 is 2.06 bits per heavy atom. The molecule has 0 fully saturated rings. The van der Waals surface area contributed by atoms with E-state index in [1.165, 1.54) is 5.56 Å². The molecule has 0 radical (unpaired) electrons. The van der Waals surface area contributed by atoms with Crippen molar-refractivity contribution >= 4 is 28.0 Å². The third-order valence-corrected chi connectivity index (χ3v) is 2.88. The molecular formula is C13H14N2S. The van der Waals surface area contributed by atoms with Crippen LogP contribution < -0.4 is 5.73 Å². The molecule has 16 heavy (non-hydrogen) atoms. The maximum atomic E-state index is 5.67. The van der Waals surface area contributed by atoms with Gasteiger partial charge >= 0.3 is 0 Å². The number of pyridine rings is 1. The van der Waals surface area contributed by atoms with E-state index in [2.05, 4.69) is 37.0 Å². The zero-order chi connectivity index (χ0) is 11.7. The highest BCUT2D eigenvalue weighted by atomic mass is 32.1. The molecule has 2 rings (SSSR count). The van der Waals surface area contributed by atoms with Crippen molar-refractivity contribution in [1.29, 1.82) is 0 Å². The first-order valence-corrected chi connectivity index (χ1v) is 5.69. The maximum absolute atomic E-state index is 5.67. The van der Waals surface area contributed by atoms with Crippen molar-refractivity contribution in [3.05, 3.63) is 41.7 Å². The molecule has 2 N–H and O–H groups in total. The number of thiocarbonyl (C=S) groups is 1. The van der Waals surface area contributed by atoms with Gasteiger partial charge in [0.05, 0.1) is 0 Å². The lowest BCUT2D eigenvalue weighted by molar-refractivity contribution is 0.868. The van der Waals surface area contributed by atoms with Crippen LogP contribution >= 0.6 is 12.2 Å². The topological polar surface area (TPSA) is 38.9 Å². The molecule has 0 unspecified atom stereocenters. The van der Waals surface area contributed by atoms with E-state index in [1.807, 2.05) is 6.07 Å². The van der Waals surface area contributed by atoms with Crippen LogP contribution in [-0.2, 0) is 0 Å². The Balaban J connectivity index is 2.73. The number of rotatable bonds is 2. The third-order valence-electron chi connectivity index (χ3n) is 2.69. The van der Waals surface area contributed by atoms with Crippen LogP contribution in [0.25, 0.3) is 10.8 Å². The van der Waals surface area contributed by atoms with Crippen LogP contribution in [0, 0.1) is 0 Å². The highest BCUT2D eigenvalue weighted by Crippen LogP contribution is 2.23. The largest absolute Gasteiger partial charge is 0.388 e. The first kappa shape index (κ1) is 11.0. The van der Waals surface area contributed by atoms with Gasteiger partial charge in [0.1, 0.15) is 10.7 Å². The minimum atomic E-state index is 0.353. The van der Waals surface area contributed by atoms with E-state index >= 15 is 0 Å². The van der Waals surface area contributed by atoms with E-state index in [0.717, 1.165) is 16.5 Å². The van der Waals surface area contributed by atoms with Crippen molar-refractivity contribution in [1.82, 2.24) is 4.98 Å². The van der Waals surface area contributed by atoms with E-state index in [4.69, 9.17) is 18.0 Å². The first-order valence-electron chi connectivity index (χ1n) is 5.28. The summed E-state index contributed by atoms with van der Waals surface area (Å²) in [7, 11) is 0. The lowest BCUT2D eigenvalue weighted by atomic mass is 9.99. The molecule has 0 amide bonds.